The van der Waals surface area contributed by atoms with Crippen molar-refractivity contribution in [1.29, 1.82) is 0 Å². The Hall–Kier alpha value is -4.20. The Morgan fingerprint density at radius 1 is 0.694 bits per heavy atom. The number of rotatable bonds is 8. The number of ether oxygens (including phenoxy) is 2. The maximum Gasteiger partial charge on any atom is 0.356 e. The van der Waals surface area contributed by atoms with Crippen LogP contribution < -0.4 is 0 Å². The lowest BCUT2D eigenvalue weighted by Gasteiger charge is -2.16. The Labute approximate surface area is 211 Å². The van der Waals surface area contributed by atoms with Crippen molar-refractivity contribution in [2.24, 2.45) is 0 Å². The van der Waals surface area contributed by atoms with Crippen LogP contribution in [0.25, 0.3) is 0 Å². The lowest BCUT2D eigenvalue weighted by Crippen LogP contribution is -2.15. The topological polar surface area (TPSA) is 88.2 Å². The van der Waals surface area contributed by atoms with Gasteiger partial charge in [-0.25, -0.2) is 19.6 Å². The summed E-state index contributed by atoms with van der Waals surface area (Å²) in [6, 6.07) is 20.1. The SMILES string of the molecule is CCOC(=O)c1cncn1C(C)c1ccccc1.CCOC(=O)c1cncn1C(C)c1ccccc1. The van der Waals surface area contributed by atoms with Gasteiger partial charge in [0.15, 0.2) is 0 Å². The lowest BCUT2D eigenvalue weighted by molar-refractivity contribution is 0.0503. The molecule has 8 heteroatoms. The third-order valence-corrected chi connectivity index (χ3v) is 5.70. The van der Waals surface area contributed by atoms with Crippen molar-refractivity contribution in [2.75, 3.05) is 13.2 Å². The smallest absolute Gasteiger partial charge is 0.356 e. The first kappa shape index (κ1) is 26.4. The van der Waals surface area contributed by atoms with Crippen molar-refractivity contribution in [2.45, 2.75) is 39.8 Å². The molecule has 0 saturated heterocycles. The molecule has 4 rings (SSSR count). The highest BCUT2D eigenvalue weighted by Crippen LogP contribution is 2.20. The third-order valence-electron chi connectivity index (χ3n) is 5.70. The number of aromatic nitrogens is 4. The molecular weight excluding hydrogens is 456 g/mol. The van der Waals surface area contributed by atoms with E-state index in [-0.39, 0.29) is 24.0 Å². The number of hydrogen-bond acceptors (Lipinski definition) is 6. The van der Waals surface area contributed by atoms with Crippen molar-refractivity contribution in [3.63, 3.8) is 0 Å². The Morgan fingerprint density at radius 3 is 1.39 bits per heavy atom. The van der Waals surface area contributed by atoms with E-state index in [2.05, 4.69) is 9.97 Å². The van der Waals surface area contributed by atoms with Crippen molar-refractivity contribution < 1.29 is 19.1 Å². The molecular formula is C28H32N4O4. The van der Waals surface area contributed by atoms with Crippen LogP contribution in [0.3, 0.4) is 0 Å². The standard InChI is InChI=1S/2C14H16N2O2/c2*1-3-18-14(17)13-9-15-10-16(13)11(2)12-7-5-4-6-8-12/h2*4-11H,3H2,1-2H3. The van der Waals surface area contributed by atoms with Crippen molar-refractivity contribution >= 4 is 11.9 Å². The second-order valence-electron chi connectivity index (χ2n) is 7.99. The van der Waals surface area contributed by atoms with E-state index in [4.69, 9.17) is 9.47 Å². The Balaban J connectivity index is 0.000000201. The summed E-state index contributed by atoms with van der Waals surface area (Å²) in [5, 5.41) is 0. The van der Waals surface area contributed by atoms with Crippen LogP contribution in [-0.4, -0.2) is 44.3 Å². The second kappa shape index (κ2) is 13.0. The van der Waals surface area contributed by atoms with Gasteiger partial charge in [0.2, 0.25) is 0 Å². The Morgan fingerprint density at radius 2 is 1.06 bits per heavy atom. The van der Waals surface area contributed by atoms with Crippen molar-refractivity contribution in [1.82, 2.24) is 19.1 Å². The van der Waals surface area contributed by atoms with Crippen molar-refractivity contribution in [3.8, 4) is 0 Å². The number of benzene rings is 2. The van der Waals surface area contributed by atoms with E-state index < -0.39 is 0 Å². The highest BCUT2D eigenvalue weighted by Gasteiger charge is 2.18. The molecule has 0 amide bonds. The number of hydrogen-bond donors (Lipinski definition) is 0. The van der Waals surface area contributed by atoms with Crippen LogP contribution in [0.5, 0.6) is 0 Å². The van der Waals surface area contributed by atoms with Crippen LogP contribution in [0.2, 0.25) is 0 Å². The monoisotopic (exact) mass is 488 g/mol. The quantitative estimate of drug-likeness (QED) is 0.311. The van der Waals surface area contributed by atoms with Crippen LogP contribution >= 0.6 is 0 Å². The van der Waals surface area contributed by atoms with Crippen LogP contribution in [0.1, 0.15) is 71.9 Å². The molecule has 0 N–H and O–H groups in total. The molecule has 0 fully saturated rings. The fourth-order valence-electron chi connectivity index (χ4n) is 3.74. The molecule has 0 aliphatic rings. The molecule has 188 valence electrons. The van der Waals surface area contributed by atoms with Gasteiger partial charge in [-0.3, -0.25) is 0 Å². The maximum atomic E-state index is 11.8. The average Bonchev–Trinajstić information content (AvgIpc) is 3.60. The Kier molecular flexibility index (Phi) is 9.56. The number of esters is 2. The summed E-state index contributed by atoms with van der Waals surface area (Å²) in [4.78, 5) is 31.6. The van der Waals surface area contributed by atoms with E-state index in [1.807, 2.05) is 83.6 Å². The Bertz CT molecular complexity index is 1140. The first-order valence-corrected chi connectivity index (χ1v) is 12.0. The predicted octanol–water partition coefficient (Wildman–Crippen LogP) is 5.34. The van der Waals surface area contributed by atoms with Gasteiger partial charge in [0.1, 0.15) is 11.4 Å². The number of carbonyl (C=O) groups excluding carboxylic acids is 2. The summed E-state index contributed by atoms with van der Waals surface area (Å²) in [7, 11) is 0. The fraction of sp³-hybridized carbons (Fsp3) is 0.286. The molecule has 0 bridgehead atoms. The van der Waals surface area contributed by atoms with Gasteiger partial charge in [-0.15, -0.1) is 0 Å². The molecule has 0 radical (unpaired) electrons. The van der Waals surface area contributed by atoms with E-state index in [9.17, 15) is 9.59 Å². The van der Waals surface area contributed by atoms with Gasteiger partial charge in [0.05, 0.1) is 50.3 Å². The molecule has 0 spiro atoms. The third kappa shape index (κ3) is 6.47. The maximum absolute atomic E-state index is 11.8. The lowest BCUT2D eigenvalue weighted by atomic mass is 10.1. The summed E-state index contributed by atoms with van der Waals surface area (Å²) < 4.78 is 13.7. The zero-order valence-electron chi connectivity index (χ0n) is 21.1. The van der Waals surface area contributed by atoms with Gasteiger partial charge in [-0.05, 0) is 38.8 Å². The van der Waals surface area contributed by atoms with Gasteiger partial charge in [0, 0.05) is 0 Å². The summed E-state index contributed by atoms with van der Waals surface area (Å²) in [5.41, 5.74) is 3.21. The highest BCUT2D eigenvalue weighted by atomic mass is 16.5. The van der Waals surface area contributed by atoms with Gasteiger partial charge in [-0.1, -0.05) is 60.7 Å². The fourth-order valence-corrected chi connectivity index (χ4v) is 3.74. The van der Waals surface area contributed by atoms with E-state index in [1.165, 1.54) is 12.4 Å². The largest absolute Gasteiger partial charge is 0.461 e. The first-order chi connectivity index (χ1) is 17.5. The molecule has 2 aromatic heterocycles. The molecule has 8 nitrogen and oxygen atoms in total. The van der Waals surface area contributed by atoms with Gasteiger partial charge >= 0.3 is 11.9 Å². The highest BCUT2D eigenvalue weighted by molar-refractivity contribution is 5.87. The summed E-state index contributed by atoms with van der Waals surface area (Å²) >= 11 is 0. The van der Waals surface area contributed by atoms with Gasteiger partial charge < -0.3 is 18.6 Å². The van der Waals surface area contributed by atoms with Crippen LogP contribution in [0, 0.1) is 0 Å². The summed E-state index contributed by atoms with van der Waals surface area (Å²) in [6.07, 6.45) is 6.39. The van der Waals surface area contributed by atoms with Gasteiger partial charge in [-0.2, -0.15) is 0 Å². The summed E-state index contributed by atoms with van der Waals surface area (Å²) in [6.45, 7) is 8.37. The molecule has 4 aromatic rings. The first-order valence-electron chi connectivity index (χ1n) is 12.0. The molecule has 2 unspecified atom stereocenters. The minimum atomic E-state index is -0.335. The minimum Gasteiger partial charge on any atom is -0.461 e. The summed E-state index contributed by atoms with van der Waals surface area (Å²) in [5.74, 6) is -0.671. The zero-order chi connectivity index (χ0) is 25.9. The molecule has 0 saturated carbocycles. The molecule has 2 heterocycles. The number of carbonyl (C=O) groups is 2. The minimum absolute atomic E-state index is 0.0492. The van der Waals surface area contributed by atoms with Crippen molar-refractivity contribution in [3.05, 3.63) is 108 Å². The van der Waals surface area contributed by atoms with E-state index >= 15 is 0 Å². The normalized spacial score (nSPS) is 12.1. The van der Waals surface area contributed by atoms with Crippen LogP contribution in [0.4, 0.5) is 0 Å². The van der Waals surface area contributed by atoms with E-state index in [0.717, 1.165) is 11.1 Å². The van der Waals surface area contributed by atoms with E-state index in [1.54, 1.807) is 26.5 Å². The van der Waals surface area contributed by atoms with Gasteiger partial charge in [0.25, 0.3) is 0 Å². The second-order valence-corrected chi connectivity index (χ2v) is 7.99. The molecule has 0 aliphatic heterocycles. The number of imidazole rings is 2. The molecule has 36 heavy (non-hydrogen) atoms. The number of nitrogens with zero attached hydrogens (tertiary/aromatic N) is 4. The van der Waals surface area contributed by atoms with Crippen LogP contribution in [0.15, 0.2) is 85.7 Å². The van der Waals surface area contributed by atoms with Crippen LogP contribution in [-0.2, 0) is 9.47 Å². The zero-order valence-corrected chi connectivity index (χ0v) is 21.1. The predicted molar refractivity (Wildman–Crippen MR) is 137 cm³/mol. The molecule has 0 aliphatic carbocycles. The molecule has 2 aromatic carbocycles. The molecule has 2 atom stereocenters. The van der Waals surface area contributed by atoms with E-state index in [0.29, 0.717) is 24.6 Å². The average molecular weight is 489 g/mol.